The van der Waals surface area contributed by atoms with Gasteiger partial charge in [0.1, 0.15) is 68.3 Å². The zero-order chi connectivity index (χ0) is 105. The van der Waals surface area contributed by atoms with Crippen LogP contribution in [0.3, 0.4) is 0 Å². The molecule has 7 aliphatic heterocycles. The van der Waals surface area contributed by atoms with Crippen LogP contribution in [0.25, 0.3) is 0 Å². The number of carbonyl (C=O) groups is 5. The first-order valence-electron chi connectivity index (χ1n) is 57.4. The van der Waals surface area contributed by atoms with Gasteiger partial charge in [-0.25, -0.2) is 14.4 Å². The molecule has 0 saturated carbocycles. The van der Waals surface area contributed by atoms with E-state index in [0.717, 1.165) is 193 Å². The number of esters is 5. The highest BCUT2D eigenvalue weighted by atomic mass is 16.8. The fraction of sp³-hybridized carbons (Fsp3) is 0.955. The maximum absolute atomic E-state index is 12.7. The van der Waals surface area contributed by atoms with Crippen LogP contribution in [0.1, 0.15) is 433 Å². The van der Waals surface area contributed by atoms with E-state index in [9.17, 15) is 49.5 Å². The van der Waals surface area contributed by atoms with Gasteiger partial charge in [0.05, 0.1) is 68.1 Å². The van der Waals surface area contributed by atoms with Gasteiger partial charge in [-0.1, -0.05) is 304 Å². The van der Waals surface area contributed by atoms with Gasteiger partial charge in [0.15, 0.2) is 63.7 Å². The molecule has 0 aliphatic carbocycles. The summed E-state index contributed by atoms with van der Waals surface area (Å²) in [5.41, 5.74) is 0. The average Bonchev–Trinajstić information content (AvgIpc) is 1.29. The zero-order valence-corrected chi connectivity index (χ0v) is 92.3. The molecule has 0 aromatic heterocycles. The summed E-state index contributed by atoms with van der Waals surface area (Å²) in [6, 6.07) is 0. The Bertz CT molecular complexity index is 3130. The number of ether oxygens (including phenoxy) is 23. The molecule has 7 aliphatic rings. The second-order valence-corrected chi connectivity index (χ2v) is 41.8. The van der Waals surface area contributed by atoms with E-state index in [2.05, 4.69) is 20.8 Å². The van der Waals surface area contributed by atoms with Crippen LogP contribution in [-0.2, 0) is 133 Å². The number of aliphatic hydroxyl groups excluding tert-OH is 5. The van der Waals surface area contributed by atoms with Crippen molar-refractivity contribution in [3.8, 4) is 0 Å². The van der Waals surface area contributed by atoms with Crippen molar-refractivity contribution in [2.75, 3.05) is 96.8 Å². The van der Waals surface area contributed by atoms with Crippen molar-refractivity contribution in [1.29, 1.82) is 0 Å². The number of hydrogen-bond acceptors (Lipinski definition) is 33. The molecule has 0 amide bonds. The lowest BCUT2D eigenvalue weighted by molar-refractivity contribution is -0.384. The van der Waals surface area contributed by atoms with Gasteiger partial charge in [-0.05, 0) is 121 Å². The standard InChI is InChI=1S/C57H102O21.C28H52O6.C27H52O6/c1-12-13-27-39(28-26-31-41(63-6)40(62-5)29-24-22-20-18-16-14-15-17-19-21-23-25-30-42-54(61)73-36-72-42)75-56-53(48(65-8)44(64-7)34-71-56)78-55-50(47(60)43(33-70-55)74-38(4)58)77-57-52(68-11)51(67-10)49(66-9)45(76-57)35-69-46(59)32-37(2)3;1-2-3-17-24(29)18-16-21-26-25(31-22-32-26)19-14-12-10-8-6-4-5-7-9-11-13-15-20-27-28(30)34-23-33-27;1-2-3-17-23(28)18-16-20-25(30)24(29)19-14-12-10-8-6-4-5-7-9-11-13-15-21-26-27(31)33-22-32-26/h37,39-45,47-53,55-57,60H,12-36H2,1-11H3;24-27,29H,2-23H2,1H3;23-26,28-30H,2-22H2,1H3. The van der Waals surface area contributed by atoms with Crippen molar-refractivity contribution in [3.63, 3.8) is 0 Å². The maximum Gasteiger partial charge on any atom is 0.337 e. The fourth-order valence-electron chi connectivity index (χ4n) is 20.6. The smallest absolute Gasteiger partial charge is 0.337 e. The van der Waals surface area contributed by atoms with E-state index in [1.54, 1.807) is 28.4 Å². The van der Waals surface area contributed by atoms with Crippen LogP contribution in [-0.4, -0.2) is 305 Å². The zero-order valence-electron chi connectivity index (χ0n) is 92.3. The van der Waals surface area contributed by atoms with Crippen LogP contribution in [0, 0.1) is 5.92 Å². The first kappa shape index (κ1) is 132. The minimum atomic E-state index is -1.50. The summed E-state index contributed by atoms with van der Waals surface area (Å²) in [7, 11) is 11.1. The van der Waals surface area contributed by atoms with E-state index in [0.29, 0.717) is 26.1 Å². The van der Waals surface area contributed by atoms with Crippen molar-refractivity contribution < 1.29 is 158 Å². The minimum absolute atomic E-state index is 0.0306. The van der Waals surface area contributed by atoms with Crippen LogP contribution in [0.5, 0.6) is 0 Å². The van der Waals surface area contributed by atoms with Gasteiger partial charge in [0, 0.05) is 63.1 Å². The molecule has 5 N–H and O–H groups in total. The number of rotatable bonds is 86. The number of methoxy groups -OCH3 is 7. The molecule has 25 atom stereocenters. The number of aliphatic hydroxyl groups is 5. The summed E-state index contributed by atoms with van der Waals surface area (Å²) in [4.78, 5) is 59.1. The van der Waals surface area contributed by atoms with Gasteiger partial charge in [0.25, 0.3) is 0 Å². The number of hydrogen-bond donors (Lipinski definition) is 5. The molecule has 7 saturated heterocycles. The molecule has 0 aromatic carbocycles. The van der Waals surface area contributed by atoms with Gasteiger partial charge in [-0.3, -0.25) is 9.59 Å². The predicted molar refractivity (Wildman–Crippen MR) is 550 cm³/mol. The average molecular weight is 2080 g/mol. The second-order valence-electron chi connectivity index (χ2n) is 41.8. The third kappa shape index (κ3) is 56.4. The van der Waals surface area contributed by atoms with Gasteiger partial charge in [-0.2, -0.15) is 0 Å². The molecular weight excluding hydrogens is 1870 g/mol. The van der Waals surface area contributed by atoms with E-state index in [1.807, 2.05) is 13.8 Å². The van der Waals surface area contributed by atoms with Crippen LogP contribution in [0.2, 0.25) is 0 Å². The summed E-state index contributed by atoms with van der Waals surface area (Å²) in [5.74, 6) is -1.57. The molecule has 7 heterocycles. The molecule has 852 valence electrons. The monoisotopic (exact) mass is 2080 g/mol. The predicted octanol–water partition coefficient (Wildman–Crippen LogP) is 19.9. The highest BCUT2D eigenvalue weighted by molar-refractivity contribution is 5.76. The molecule has 7 fully saturated rings. The van der Waals surface area contributed by atoms with E-state index >= 15 is 0 Å². The Morgan fingerprint density at radius 2 is 0.710 bits per heavy atom. The van der Waals surface area contributed by atoms with E-state index in [4.69, 9.17) is 109 Å². The molecule has 0 bridgehead atoms. The van der Waals surface area contributed by atoms with E-state index < -0.39 is 104 Å². The third-order valence-electron chi connectivity index (χ3n) is 29.5. The van der Waals surface area contributed by atoms with Gasteiger partial charge >= 0.3 is 29.8 Å². The van der Waals surface area contributed by atoms with Crippen molar-refractivity contribution in [1.82, 2.24) is 0 Å². The van der Waals surface area contributed by atoms with Gasteiger partial charge in [-0.15, -0.1) is 0 Å². The Hall–Kier alpha value is -3.57. The Morgan fingerprint density at radius 1 is 0.345 bits per heavy atom. The molecule has 145 heavy (non-hydrogen) atoms. The van der Waals surface area contributed by atoms with Gasteiger partial charge < -0.3 is 134 Å². The lowest BCUT2D eigenvalue weighted by Gasteiger charge is -2.48. The van der Waals surface area contributed by atoms with Crippen molar-refractivity contribution in [2.24, 2.45) is 5.92 Å². The summed E-state index contributed by atoms with van der Waals surface area (Å²) in [5, 5.41) is 52.1. The third-order valence-corrected chi connectivity index (χ3v) is 29.5. The molecule has 0 radical (unpaired) electrons. The molecule has 0 spiro atoms. The molecule has 0 aromatic rings. The van der Waals surface area contributed by atoms with Crippen LogP contribution in [0.15, 0.2) is 0 Å². The SMILES string of the molecule is CCCCC(CCCC(OC)C(CCCCCCCCCCCCCCC1OCOC1=O)OC)OC1OCC(OC)C(OC)C1OC1OCC(OC(C)=O)C(O)C1OC1OC(COC(=O)CC(C)C)C(OC)C(OC)C1OC.CCCCC(O)CCCC(O)C(O)CCCCCCCCCCCCCCC1OCOC1=O.CCCCC(O)CCCC1OCOC1CCCCCCCCCCCCCCC1OCOC1=O. The Balaban J connectivity index is 0.000000452. The molecule has 25 unspecified atom stereocenters. The van der Waals surface area contributed by atoms with Gasteiger partial charge in [0.2, 0.25) is 0 Å². The Morgan fingerprint density at radius 3 is 1.12 bits per heavy atom. The fourth-order valence-corrected chi connectivity index (χ4v) is 20.6. The van der Waals surface area contributed by atoms with E-state index in [-0.39, 0.29) is 131 Å². The van der Waals surface area contributed by atoms with Crippen LogP contribution >= 0.6 is 0 Å². The maximum atomic E-state index is 12.7. The lowest BCUT2D eigenvalue weighted by Crippen LogP contribution is -2.65. The highest BCUT2D eigenvalue weighted by Gasteiger charge is 2.55. The van der Waals surface area contributed by atoms with Crippen LogP contribution < -0.4 is 0 Å². The van der Waals surface area contributed by atoms with Crippen molar-refractivity contribution in [3.05, 3.63) is 0 Å². The molecule has 33 heteroatoms. The molecular formula is C112H206O33. The first-order chi connectivity index (χ1) is 70.5. The number of carbonyl (C=O) groups excluding carboxylic acids is 5. The second kappa shape index (κ2) is 83.9. The van der Waals surface area contributed by atoms with Crippen molar-refractivity contribution >= 4 is 29.8 Å². The Kier molecular flexibility index (Phi) is 76.3. The van der Waals surface area contributed by atoms with E-state index in [1.165, 1.54) is 202 Å². The highest BCUT2D eigenvalue weighted by Crippen LogP contribution is 2.37. The molecule has 33 nitrogen and oxygen atoms in total. The lowest BCUT2D eigenvalue weighted by atomic mass is 9.97. The topological polar surface area (TPSA) is 399 Å². The molecule has 7 rings (SSSR count). The summed E-state index contributed by atoms with van der Waals surface area (Å²) in [6.07, 6.45) is 49.8. The minimum Gasteiger partial charge on any atom is -0.463 e. The normalized spacial score (nSPS) is 26.4. The number of cyclic esters (lactones) is 3. The summed E-state index contributed by atoms with van der Waals surface area (Å²) < 4.78 is 134. The summed E-state index contributed by atoms with van der Waals surface area (Å²) in [6.45, 7) is 12.0. The number of unbranched alkanes of at least 4 members (excludes halogenated alkanes) is 36. The quantitative estimate of drug-likeness (QED) is 0.0214. The summed E-state index contributed by atoms with van der Waals surface area (Å²) >= 11 is 0. The van der Waals surface area contributed by atoms with Crippen molar-refractivity contribution in [2.45, 2.75) is 586 Å². The Labute approximate surface area is 873 Å². The first-order valence-corrected chi connectivity index (χ1v) is 57.4. The largest absolute Gasteiger partial charge is 0.463 e. The van der Waals surface area contributed by atoms with Crippen LogP contribution in [0.4, 0.5) is 0 Å².